The highest BCUT2D eigenvalue weighted by Crippen LogP contribution is 2.26. The van der Waals surface area contributed by atoms with Gasteiger partial charge in [-0.3, -0.25) is 0 Å². The molecule has 0 unspecified atom stereocenters. The van der Waals surface area contributed by atoms with Crippen molar-refractivity contribution in [1.29, 1.82) is 0 Å². The number of anilines is 2. The summed E-state index contributed by atoms with van der Waals surface area (Å²) in [7, 11) is 1.82. The minimum Gasteiger partial charge on any atom is -0.372 e. The van der Waals surface area contributed by atoms with E-state index in [4.69, 9.17) is 0 Å². The van der Waals surface area contributed by atoms with Gasteiger partial charge in [-0.2, -0.15) is 0 Å². The van der Waals surface area contributed by atoms with Gasteiger partial charge in [-0.25, -0.2) is 9.97 Å². The summed E-state index contributed by atoms with van der Waals surface area (Å²) in [5.41, 5.74) is 1.18. The highest BCUT2D eigenvalue weighted by Gasteiger charge is 2.06. The van der Waals surface area contributed by atoms with Gasteiger partial charge in [0.25, 0.3) is 0 Å². The van der Waals surface area contributed by atoms with Crippen LogP contribution in [0.3, 0.4) is 0 Å². The molecule has 0 aliphatic rings. The van der Waals surface area contributed by atoms with Crippen LogP contribution < -0.4 is 10.6 Å². The Balaban J connectivity index is 2.11. The number of rotatable bonds is 4. The van der Waals surface area contributed by atoms with Gasteiger partial charge >= 0.3 is 0 Å². The van der Waals surface area contributed by atoms with E-state index in [0.29, 0.717) is 6.54 Å². The van der Waals surface area contributed by atoms with Gasteiger partial charge in [-0.1, -0.05) is 28.1 Å². The van der Waals surface area contributed by atoms with Gasteiger partial charge in [0.2, 0.25) is 0 Å². The lowest BCUT2D eigenvalue weighted by atomic mass is 10.2. The maximum atomic E-state index is 4.20. The zero-order valence-electron chi connectivity index (χ0n) is 9.74. The van der Waals surface area contributed by atoms with Crippen LogP contribution in [0.2, 0.25) is 0 Å². The van der Waals surface area contributed by atoms with Gasteiger partial charge in [0.05, 0.1) is 0 Å². The van der Waals surface area contributed by atoms with Crippen molar-refractivity contribution in [3.63, 3.8) is 0 Å². The highest BCUT2D eigenvalue weighted by molar-refractivity contribution is 9.11. The molecule has 1 aromatic heterocycles. The second-order valence-electron chi connectivity index (χ2n) is 3.62. The fourth-order valence-corrected chi connectivity index (χ4v) is 2.49. The predicted octanol–water partition coefficient (Wildman–Crippen LogP) is 3.66. The molecule has 0 radical (unpaired) electrons. The number of halogens is 2. The predicted molar refractivity (Wildman–Crippen MR) is 80.7 cm³/mol. The van der Waals surface area contributed by atoms with Gasteiger partial charge in [-0.05, 0) is 33.6 Å². The summed E-state index contributed by atoms with van der Waals surface area (Å²) in [5.74, 6) is 1.54. The van der Waals surface area contributed by atoms with Crippen molar-refractivity contribution in [2.45, 2.75) is 6.54 Å². The fourth-order valence-electron chi connectivity index (χ4n) is 1.50. The number of hydrogen-bond donors (Lipinski definition) is 2. The molecule has 2 rings (SSSR count). The molecule has 0 saturated heterocycles. The molecule has 18 heavy (non-hydrogen) atoms. The van der Waals surface area contributed by atoms with Gasteiger partial charge in [0, 0.05) is 18.1 Å². The van der Waals surface area contributed by atoms with Crippen molar-refractivity contribution in [3.8, 4) is 0 Å². The zero-order chi connectivity index (χ0) is 13.0. The van der Waals surface area contributed by atoms with E-state index in [-0.39, 0.29) is 0 Å². The normalized spacial score (nSPS) is 10.2. The summed E-state index contributed by atoms with van der Waals surface area (Å²) >= 11 is 6.92. The first-order valence-corrected chi connectivity index (χ1v) is 6.96. The second-order valence-corrected chi connectivity index (χ2v) is 5.33. The molecule has 94 valence electrons. The molecule has 0 fully saturated rings. The summed E-state index contributed by atoms with van der Waals surface area (Å²) in [6, 6.07) is 8.14. The maximum absolute atomic E-state index is 4.20. The summed E-state index contributed by atoms with van der Waals surface area (Å²) in [4.78, 5) is 8.31. The molecule has 0 aliphatic carbocycles. The second kappa shape index (κ2) is 6.15. The molecule has 2 aromatic rings. The summed E-state index contributed by atoms with van der Waals surface area (Å²) in [6.45, 7) is 0.707. The Hall–Kier alpha value is -1.14. The van der Waals surface area contributed by atoms with Crippen LogP contribution in [-0.2, 0) is 6.54 Å². The van der Waals surface area contributed by atoms with E-state index in [1.807, 2.05) is 19.2 Å². The molecular weight excluding hydrogens is 360 g/mol. The van der Waals surface area contributed by atoms with E-state index < -0.39 is 0 Å². The molecular formula is C12H12Br2N4. The lowest BCUT2D eigenvalue weighted by Crippen LogP contribution is -2.04. The minimum atomic E-state index is 0.707. The molecule has 4 nitrogen and oxygen atoms in total. The zero-order valence-corrected chi connectivity index (χ0v) is 12.9. The smallest absolute Gasteiger partial charge is 0.146 e. The number of nitrogens with zero attached hydrogens (tertiary/aromatic N) is 2. The molecule has 0 amide bonds. The van der Waals surface area contributed by atoms with Crippen LogP contribution in [0.5, 0.6) is 0 Å². The van der Waals surface area contributed by atoms with E-state index in [9.17, 15) is 0 Å². The maximum Gasteiger partial charge on any atom is 0.146 e. The topological polar surface area (TPSA) is 49.8 Å². The third-order valence-corrected chi connectivity index (χ3v) is 3.62. The van der Waals surface area contributed by atoms with E-state index in [0.717, 1.165) is 20.6 Å². The number of nitrogens with one attached hydrogen (secondary N) is 2. The highest BCUT2D eigenvalue weighted by atomic mass is 79.9. The molecule has 0 bridgehead atoms. The van der Waals surface area contributed by atoms with Crippen molar-refractivity contribution in [2.24, 2.45) is 0 Å². The molecule has 0 saturated carbocycles. The monoisotopic (exact) mass is 370 g/mol. The van der Waals surface area contributed by atoms with Crippen molar-refractivity contribution in [2.75, 3.05) is 17.7 Å². The van der Waals surface area contributed by atoms with Crippen LogP contribution in [-0.4, -0.2) is 17.0 Å². The Morgan fingerprint density at radius 1 is 1.17 bits per heavy atom. The van der Waals surface area contributed by atoms with Gasteiger partial charge in [-0.15, -0.1) is 0 Å². The van der Waals surface area contributed by atoms with Crippen LogP contribution >= 0.6 is 31.9 Å². The Labute approximate surface area is 122 Å². The standard InChI is InChI=1S/C12H12Br2N4/c1-15-11-10(14)12(18-7-17-11)16-6-8-3-2-4-9(13)5-8/h2-5,7H,6H2,1H3,(H2,15,16,17,18). The Morgan fingerprint density at radius 2 is 1.94 bits per heavy atom. The van der Waals surface area contributed by atoms with E-state index in [1.165, 1.54) is 11.9 Å². The molecule has 1 aromatic carbocycles. The first-order chi connectivity index (χ1) is 8.70. The first kappa shape index (κ1) is 13.3. The van der Waals surface area contributed by atoms with Crippen LogP contribution in [0.15, 0.2) is 39.5 Å². The van der Waals surface area contributed by atoms with Gasteiger partial charge < -0.3 is 10.6 Å². The molecule has 2 N–H and O–H groups in total. The Bertz CT molecular complexity index is 545. The lowest BCUT2D eigenvalue weighted by molar-refractivity contribution is 1.07. The van der Waals surface area contributed by atoms with Crippen molar-refractivity contribution in [1.82, 2.24) is 9.97 Å². The van der Waals surface area contributed by atoms with Crippen molar-refractivity contribution < 1.29 is 0 Å². The molecule has 6 heteroatoms. The number of aromatic nitrogens is 2. The third kappa shape index (κ3) is 3.20. The van der Waals surface area contributed by atoms with Crippen LogP contribution in [0.25, 0.3) is 0 Å². The average molecular weight is 372 g/mol. The SMILES string of the molecule is CNc1ncnc(NCc2cccc(Br)c2)c1Br. The Kier molecular flexibility index (Phi) is 4.54. The summed E-state index contributed by atoms with van der Waals surface area (Å²) < 4.78 is 1.90. The molecule has 0 spiro atoms. The summed E-state index contributed by atoms with van der Waals surface area (Å²) in [5, 5.41) is 6.27. The van der Waals surface area contributed by atoms with E-state index in [1.54, 1.807) is 0 Å². The van der Waals surface area contributed by atoms with Gasteiger partial charge in [0.1, 0.15) is 22.4 Å². The molecule has 1 heterocycles. The number of benzene rings is 1. The van der Waals surface area contributed by atoms with Crippen LogP contribution in [0.4, 0.5) is 11.6 Å². The lowest BCUT2D eigenvalue weighted by Gasteiger charge is -2.10. The molecule has 0 aliphatic heterocycles. The average Bonchev–Trinajstić information content (AvgIpc) is 2.38. The van der Waals surface area contributed by atoms with Gasteiger partial charge in [0.15, 0.2) is 0 Å². The van der Waals surface area contributed by atoms with E-state index in [2.05, 4.69) is 64.6 Å². The fraction of sp³-hybridized carbons (Fsp3) is 0.167. The Morgan fingerprint density at radius 3 is 2.67 bits per heavy atom. The first-order valence-electron chi connectivity index (χ1n) is 5.37. The minimum absolute atomic E-state index is 0.707. The summed E-state index contributed by atoms with van der Waals surface area (Å²) in [6.07, 6.45) is 1.53. The molecule has 0 atom stereocenters. The quantitative estimate of drug-likeness (QED) is 0.861. The van der Waals surface area contributed by atoms with Crippen molar-refractivity contribution >= 4 is 43.5 Å². The van der Waals surface area contributed by atoms with Crippen LogP contribution in [0.1, 0.15) is 5.56 Å². The largest absolute Gasteiger partial charge is 0.372 e. The number of hydrogen-bond acceptors (Lipinski definition) is 4. The van der Waals surface area contributed by atoms with Crippen molar-refractivity contribution in [3.05, 3.63) is 45.1 Å². The van der Waals surface area contributed by atoms with Crippen LogP contribution in [0, 0.1) is 0 Å². The van der Waals surface area contributed by atoms with E-state index >= 15 is 0 Å². The third-order valence-electron chi connectivity index (χ3n) is 2.38.